The molecule has 0 radical (unpaired) electrons. The van der Waals surface area contributed by atoms with E-state index >= 15 is 0 Å². The highest BCUT2D eigenvalue weighted by Crippen LogP contribution is 2.19. The average molecular weight is 528 g/mol. The van der Waals surface area contributed by atoms with Crippen LogP contribution in [0.15, 0.2) is 54.7 Å². The number of hydrogen-bond donors (Lipinski definition) is 8. The fourth-order valence-corrected chi connectivity index (χ4v) is 3.97. The molecule has 0 aliphatic rings. The molecule has 3 unspecified atom stereocenters. The number of thiol groups is 1. The molecule has 2 aromatic carbocycles. The van der Waals surface area contributed by atoms with E-state index in [-0.39, 0.29) is 24.3 Å². The molecule has 12 heteroatoms. The number of nitrogens with one attached hydrogen (secondary N) is 4. The number of phenols is 1. The van der Waals surface area contributed by atoms with Crippen molar-refractivity contribution in [3.05, 3.63) is 65.9 Å². The van der Waals surface area contributed by atoms with E-state index < -0.39 is 48.4 Å². The zero-order valence-electron chi connectivity index (χ0n) is 19.8. The standard InChI is InChI=1S/C25H29N5O6S/c26-18(9-14-5-7-16(31)8-6-14)23(33)28-12-22(32)29-21(13-37)24(34)30-20(25(35)36)10-15-11-27-19-4-2-1-3-17(15)19/h1-8,11,18,20-21,27,31,37H,9-10,12-13,26H2,(H,28,33)(H,29,32)(H,30,34)(H,35,36). The van der Waals surface area contributed by atoms with E-state index in [9.17, 15) is 29.4 Å². The number of nitrogens with two attached hydrogens (primary N) is 1. The number of fused-ring (bicyclic) bond motifs is 1. The number of carbonyl (C=O) groups excluding carboxylic acids is 3. The van der Waals surface area contributed by atoms with Crippen molar-refractivity contribution in [2.45, 2.75) is 31.0 Å². The van der Waals surface area contributed by atoms with Gasteiger partial charge in [-0.3, -0.25) is 14.4 Å². The molecular weight excluding hydrogens is 498 g/mol. The number of benzene rings is 2. The third-order valence-electron chi connectivity index (χ3n) is 5.70. The summed E-state index contributed by atoms with van der Waals surface area (Å²) in [5, 5.41) is 27.1. The second-order valence-electron chi connectivity index (χ2n) is 8.46. The number of phenolic OH excluding ortho intramolecular Hbond substituents is 1. The Morgan fingerprint density at radius 2 is 1.65 bits per heavy atom. The van der Waals surface area contributed by atoms with Gasteiger partial charge in [0.05, 0.1) is 12.6 Å². The smallest absolute Gasteiger partial charge is 0.326 e. The van der Waals surface area contributed by atoms with E-state index in [1.807, 2.05) is 24.3 Å². The molecule has 8 N–H and O–H groups in total. The molecule has 0 saturated carbocycles. The van der Waals surface area contributed by atoms with Gasteiger partial charge in [0.15, 0.2) is 0 Å². The van der Waals surface area contributed by atoms with E-state index in [1.165, 1.54) is 12.1 Å². The molecule has 196 valence electrons. The maximum atomic E-state index is 12.7. The largest absolute Gasteiger partial charge is 0.508 e. The molecule has 3 aromatic rings. The van der Waals surface area contributed by atoms with Gasteiger partial charge in [-0.2, -0.15) is 12.6 Å². The van der Waals surface area contributed by atoms with Crippen LogP contribution in [0.1, 0.15) is 11.1 Å². The Bertz CT molecular complexity index is 1260. The van der Waals surface area contributed by atoms with Crippen molar-refractivity contribution in [2.24, 2.45) is 5.73 Å². The molecule has 3 atom stereocenters. The average Bonchev–Trinajstić information content (AvgIpc) is 3.29. The summed E-state index contributed by atoms with van der Waals surface area (Å²) in [6.07, 6.45) is 1.93. The predicted octanol–water partition coefficient (Wildman–Crippen LogP) is 0.0862. The van der Waals surface area contributed by atoms with Gasteiger partial charge in [-0.1, -0.05) is 30.3 Å². The van der Waals surface area contributed by atoms with Gasteiger partial charge in [-0.25, -0.2) is 4.79 Å². The topological polar surface area (TPSA) is 187 Å². The van der Waals surface area contributed by atoms with Gasteiger partial charge in [0.25, 0.3) is 0 Å². The number of aliphatic carboxylic acids is 1. The van der Waals surface area contributed by atoms with Crippen LogP contribution < -0.4 is 21.7 Å². The number of H-pyrrole nitrogens is 1. The molecule has 1 heterocycles. The van der Waals surface area contributed by atoms with E-state index in [0.29, 0.717) is 0 Å². The Balaban J connectivity index is 1.51. The Hall–Kier alpha value is -4.03. The van der Waals surface area contributed by atoms with E-state index in [0.717, 1.165) is 22.0 Å². The summed E-state index contributed by atoms with van der Waals surface area (Å²) in [5.74, 6) is -3.18. The minimum atomic E-state index is -1.23. The molecule has 0 aliphatic heterocycles. The van der Waals surface area contributed by atoms with Crippen LogP contribution in [0.3, 0.4) is 0 Å². The molecule has 0 saturated heterocycles. The summed E-state index contributed by atoms with van der Waals surface area (Å²) < 4.78 is 0. The lowest BCUT2D eigenvalue weighted by molar-refractivity contribution is -0.142. The maximum absolute atomic E-state index is 12.7. The van der Waals surface area contributed by atoms with Crippen LogP contribution in [-0.2, 0) is 32.0 Å². The summed E-state index contributed by atoms with van der Waals surface area (Å²) in [7, 11) is 0. The number of carboxylic acids is 1. The first kappa shape index (κ1) is 27.6. The zero-order chi connectivity index (χ0) is 26.9. The number of carbonyl (C=O) groups is 4. The van der Waals surface area contributed by atoms with E-state index in [2.05, 4.69) is 33.6 Å². The molecule has 3 rings (SSSR count). The number of aromatic nitrogens is 1. The summed E-state index contributed by atoms with van der Waals surface area (Å²) in [4.78, 5) is 52.2. The van der Waals surface area contributed by atoms with Crippen molar-refractivity contribution < 1.29 is 29.4 Å². The van der Waals surface area contributed by atoms with Gasteiger partial charge < -0.3 is 36.9 Å². The number of aromatic amines is 1. The van der Waals surface area contributed by atoms with Crippen molar-refractivity contribution in [3.8, 4) is 5.75 Å². The summed E-state index contributed by atoms with van der Waals surface area (Å²) in [6, 6.07) is 10.3. The minimum absolute atomic E-state index is 0.0350. The van der Waals surface area contributed by atoms with E-state index in [4.69, 9.17) is 5.73 Å². The van der Waals surface area contributed by atoms with Crippen LogP contribution >= 0.6 is 12.6 Å². The van der Waals surface area contributed by atoms with Gasteiger partial charge >= 0.3 is 5.97 Å². The van der Waals surface area contributed by atoms with Crippen molar-refractivity contribution in [3.63, 3.8) is 0 Å². The van der Waals surface area contributed by atoms with Gasteiger partial charge in [-0.15, -0.1) is 0 Å². The summed E-state index contributed by atoms with van der Waals surface area (Å²) in [5.41, 5.74) is 8.18. The highest BCUT2D eigenvalue weighted by atomic mass is 32.1. The van der Waals surface area contributed by atoms with Crippen LogP contribution in [0.25, 0.3) is 10.9 Å². The van der Waals surface area contributed by atoms with Gasteiger partial charge in [0.2, 0.25) is 17.7 Å². The Labute approximate surface area is 218 Å². The lowest BCUT2D eigenvalue weighted by Crippen LogP contribution is -2.55. The molecule has 0 aliphatic carbocycles. The van der Waals surface area contributed by atoms with Crippen molar-refractivity contribution in [2.75, 3.05) is 12.3 Å². The monoisotopic (exact) mass is 527 g/mol. The molecule has 11 nitrogen and oxygen atoms in total. The highest BCUT2D eigenvalue weighted by molar-refractivity contribution is 7.80. The molecule has 1 aromatic heterocycles. The molecule has 37 heavy (non-hydrogen) atoms. The lowest BCUT2D eigenvalue weighted by Gasteiger charge is -2.20. The number of aromatic hydroxyl groups is 1. The summed E-state index contributed by atoms with van der Waals surface area (Å²) in [6.45, 7) is -0.433. The van der Waals surface area contributed by atoms with Crippen molar-refractivity contribution in [1.29, 1.82) is 0 Å². The van der Waals surface area contributed by atoms with Crippen LogP contribution in [0.4, 0.5) is 0 Å². The number of amides is 3. The SMILES string of the molecule is NC(Cc1ccc(O)cc1)C(=O)NCC(=O)NC(CS)C(=O)NC(Cc1c[nH]c2ccccc12)C(=O)O. The first-order chi connectivity index (χ1) is 17.7. The van der Waals surface area contributed by atoms with Crippen LogP contribution in [0, 0.1) is 0 Å². The van der Waals surface area contributed by atoms with Crippen LogP contribution in [0.2, 0.25) is 0 Å². The Morgan fingerprint density at radius 1 is 0.946 bits per heavy atom. The van der Waals surface area contributed by atoms with Crippen LogP contribution in [0.5, 0.6) is 5.75 Å². The minimum Gasteiger partial charge on any atom is -0.508 e. The van der Waals surface area contributed by atoms with Gasteiger partial charge in [0.1, 0.15) is 17.8 Å². The molecule has 0 bridgehead atoms. The fraction of sp³-hybridized carbons (Fsp3) is 0.280. The Kier molecular flexibility index (Phi) is 9.52. The normalized spacial score (nSPS) is 13.4. The lowest BCUT2D eigenvalue weighted by atomic mass is 10.0. The number of para-hydroxylation sites is 1. The van der Waals surface area contributed by atoms with Gasteiger partial charge in [0, 0.05) is 29.3 Å². The fourth-order valence-electron chi connectivity index (χ4n) is 3.71. The van der Waals surface area contributed by atoms with Crippen LogP contribution in [-0.4, -0.2) is 69.3 Å². The van der Waals surface area contributed by atoms with Crippen molar-refractivity contribution >= 4 is 47.2 Å². The highest BCUT2D eigenvalue weighted by Gasteiger charge is 2.27. The maximum Gasteiger partial charge on any atom is 0.326 e. The quantitative estimate of drug-likeness (QED) is 0.153. The molecule has 3 amide bonds. The second kappa shape index (κ2) is 12.8. The molecular formula is C25H29N5O6S. The molecule has 0 spiro atoms. The number of rotatable bonds is 12. The first-order valence-corrected chi connectivity index (χ1v) is 12.1. The van der Waals surface area contributed by atoms with E-state index in [1.54, 1.807) is 18.3 Å². The van der Waals surface area contributed by atoms with Gasteiger partial charge in [-0.05, 0) is 35.7 Å². The zero-order valence-corrected chi connectivity index (χ0v) is 20.7. The molecule has 0 fully saturated rings. The first-order valence-electron chi connectivity index (χ1n) is 11.5. The number of hydrogen-bond acceptors (Lipinski definition) is 7. The van der Waals surface area contributed by atoms with Crippen molar-refractivity contribution in [1.82, 2.24) is 20.9 Å². The third kappa shape index (κ3) is 7.72. The number of carboxylic acid groups (broad SMARTS) is 1. The second-order valence-corrected chi connectivity index (χ2v) is 8.83. The predicted molar refractivity (Wildman–Crippen MR) is 140 cm³/mol. The summed E-state index contributed by atoms with van der Waals surface area (Å²) >= 11 is 4.09. The Morgan fingerprint density at radius 3 is 2.32 bits per heavy atom. The third-order valence-corrected chi connectivity index (χ3v) is 6.06.